The van der Waals surface area contributed by atoms with Gasteiger partial charge in [0, 0.05) is 18.8 Å². The third-order valence-corrected chi connectivity index (χ3v) is 4.29. The molecule has 2 aromatic rings. The molecule has 1 aliphatic heterocycles. The lowest BCUT2D eigenvalue weighted by Gasteiger charge is -2.30. The number of halogens is 1. The van der Waals surface area contributed by atoms with Crippen LogP contribution in [0.5, 0.6) is 11.5 Å². The molecular formula is C19H23ClN2O3. The number of carbonyl (C=O) groups excluding carboxylic acids is 1. The summed E-state index contributed by atoms with van der Waals surface area (Å²) in [5.41, 5.74) is 3.29. The number of amides is 1. The van der Waals surface area contributed by atoms with Gasteiger partial charge in [-0.25, -0.2) is 0 Å². The number of hydrogen-bond acceptors (Lipinski definition) is 4. The number of nitrogens with zero attached hydrogens (tertiary/aromatic N) is 1. The number of fused-ring (bicyclic) bond motifs is 1. The fourth-order valence-corrected chi connectivity index (χ4v) is 2.94. The fourth-order valence-electron chi connectivity index (χ4n) is 2.94. The fraction of sp³-hybridized carbons (Fsp3) is 0.316. The second-order valence-corrected chi connectivity index (χ2v) is 5.76. The van der Waals surface area contributed by atoms with E-state index in [-0.39, 0.29) is 18.3 Å². The minimum atomic E-state index is 0. The minimum absolute atomic E-state index is 0. The van der Waals surface area contributed by atoms with Crippen LogP contribution in [-0.4, -0.2) is 38.1 Å². The van der Waals surface area contributed by atoms with Crippen LogP contribution in [0.1, 0.15) is 11.1 Å². The Bertz CT molecular complexity index is 722. The van der Waals surface area contributed by atoms with Crippen LogP contribution in [0.25, 0.3) is 0 Å². The lowest BCUT2D eigenvalue weighted by Crippen LogP contribution is -2.39. The highest BCUT2D eigenvalue weighted by Crippen LogP contribution is 2.33. The third kappa shape index (κ3) is 4.37. The molecule has 0 radical (unpaired) electrons. The van der Waals surface area contributed by atoms with Crippen LogP contribution in [0.3, 0.4) is 0 Å². The van der Waals surface area contributed by atoms with Crippen LogP contribution in [0, 0.1) is 0 Å². The summed E-state index contributed by atoms with van der Waals surface area (Å²) in [5, 5.41) is 3.17. The van der Waals surface area contributed by atoms with Crippen LogP contribution in [0.4, 0.5) is 5.69 Å². The van der Waals surface area contributed by atoms with Gasteiger partial charge in [-0.05, 0) is 41.8 Å². The summed E-state index contributed by atoms with van der Waals surface area (Å²) in [7, 11) is 3.26. The summed E-state index contributed by atoms with van der Waals surface area (Å²) in [6.07, 6.45) is 0.826. The standard InChI is InChI=1S/C19H22N2O3.ClH/c1-23-17-10-14-8-9-21(13-15(14)11-18(17)24-2)19(22)12-20-16-6-4-3-5-7-16;/h3-7,10-11,20H,8-9,12-13H2,1-2H3;1H. The summed E-state index contributed by atoms with van der Waals surface area (Å²) >= 11 is 0. The van der Waals surface area contributed by atoms with Crippen molar-refractivity contribution in [2.75, 3.05) is 32.6 Å². The first-order valence-corrected chi connectivity index (χ1v) is 8.01. The van der Waals surface area contributed by atoms with E-state index >= 15 is 0 Å². The predicted molar refractivity (Wildman–Crippen MR) is 101 cm³/mol. The van der Waals surface area contributed by atoms with Crippen molar-refractivity contribution in [1.82, 2.24) is 4.90 Å². The number of carbonyl (C=O) groups is 1. The summed E-state index contributed by atoms with van der Waals surface area (Å²) < 4.78 is 10.7. The molecule has 0 saturated carbocycles. The molecule has 6 heteroatoms. The molecule has 5 nitrogen and oxygen atoms in total. The van der Waals surface area contributed by atoms with Crippen LogP contribution >= 0.6 is 12.4 Å². The van der Waals surface area contributed by atoms with Gasteiger partial charge in [0.25, 0.3) is 0 Å². The van der Waals surface area contributed by atoms with Gasteiger partial charge in [0.1, 0.15) is 0 Å². The van der Waals surface area contributed by atoms with Gasteiger partial charge < -0.3 is 19.7 Å². The molecule has 134 valence electrons. The van der Waals surface area contributed by atoms with Crippen molar-refractivity contribution in [2.45, 2.75) is 13.0 Å². The molecule has 1 amide bonds. The Hall–Kier alpha value is -2.40. The number of benzene rings is 2. The Morgan fingerprint density at radius 2 is 1.72 bits per heavy atom. The van der Waals surface area contributed by atoms with E-state index in [2.05, 4.69) is 5.32 Å². The number of hydrogen-bond donors (Lipinski definition) is 1. The molecule has 0 aromatic heterocycles. The maximum Gasteiger partial charge on any atom is 0.242 e. The maximum atomic E-state index is 12.5. The van der Waals surface area contributed by atoms with Crippen LogP contribution in [0.2, 0.25) is 0 Å². The van der Waals surface area contributed by atoms with Gasteiger partial charge >= 0.3 is 0 Å². The minimum Gasteiger partial charge on any atom is -0.493 e. The first-order chi connectivity index (χ1) is 11.7. The van der Waals surface area contributed by atoms with Crippen LogP contribution < -0.4 is 14.8 Å². The highest BCUT2D eigenvalue weighted by molar-refractivity contribution is 5.85. The highest BCUT2D eigenvalue weighted by atomic mass is 35.5. The van der Waals surface area contributed by atoms with E-state index in [1.165, 1.54) is 5.56 Å². The average Bonchev–Trinajstić information content (AvgIpc) is 2.65. The first kappa shape index (κ1) is 18.9. The second kappa shape index (κ2) is 8.62. The molecule has 1 heterocycles. The number of para-hydroxylation sites is 1. The van der Waals surface area contributed by atoms with E-state index in [0.717, 1.165) is 30.0 Å². The van der Waals surface area contributed by atoms with Crippen LogP contribution in [0.15, 0.2) is 42.5 Å². The van der Waals surface area contributed by atoms with Crippen molar-refractivity contribution in [3.05, 3.63) is 53.6 Å². The molecule has 0 atom stereocenters. The van der Waals surface area contributed by atoms with Crippen molar-refractivity contribution in [3.8, 4) is 11.5 Å². The molecule has 0 bridgehead atoms. The molecule has 1 N–H and O–H groups in total. The molecule has 3 rings (SSSR count). The topological polar surface area (TPSA) is 50.8 Å². The zero-order chi connectivity index (χ0) is 16.9. The van der Waals surface area contributed by atoms with Gasteiger partial charge in [0.05, 0.1) is 20.8 Å². The van der Waals surface area contributed by atoms with Gasteiger partial charge in [0.15, 0.2) is 11.5 Å². The molecule has 0 fully saturated rings. The Morgan fingerprint density at radius 3 is 2.36 bits per heavy atom. The van der Waals surface area contributed by atoms with E-state index in [0.29, 0.717) is 18.8 Å². The smallest absolute Gasteiger partial charge is 0.242 e. The van der Waals surface area contributed by atoms with Gasteiger partial charge in [0.2, 0.25) is 5.91 Å². The normalized spacial score (nSPS) is 12.6. The van der Waals surface area contributed by atoms with Crippen molar-refractivity contribution in [2.24, 2.45) is 0 Å². The number of rotatable bonds is 5. The molecular weight excluding hydrogens is 340 g/mol. The Balaban J connectivity index is 0.00000225. The largest absolute Gasteiger partial charge is 0.493 e. The van der Waals surface area contributed by atoms with Crippen molar-refractivity contribution < 1.29 is 14.3 Å². The van der Waals surface area contributed by atoms with Gasteiger partial charge in [-0.3, -0.25) is 4.79 Å². The lowest BCUT2D eigenvalue weighted by atomic mass is 9.98. The van der Waals surface area contributed by atoms with E-state index in [4.69, 9.17) is 9.47 Å². The second-order valence-electron chi connectivity index (χ2n) is 5.76. The molecule has 25 heavy (non-hydrogen) atoms. The summed E-state index contributed by atoms with van der Waals surface area (Å²) in [5.74, 6) is 1.54. The third-order valence-electron chi connectivity index (χ3n) is 4.29. The number of ether oxygens (including phenoxy) is 2. The number of methoxy groups -OCH3 is 2. The maximum absolute atomic E-state index is 12.5. The number of anilines is 1. The summed E-state index contributed by atoms with van der Waals surface area (Å²) in [4.78, 5) is 14.3. The predicted octanol–water partition coefficient (Wildman–Crippen LogP) is 3.12. The Morgan fingerprint density at radius 1 is 1.08 bits per heavy atom. The highest BCUT2D eigenvalue weighted by Gasteiger charge is 2.22. The van der Waals surface area contributed by atoms with Gasteiger partial charge in [-0.1, -0.05) is 18.2 Å². The Kier molecular flexibility index (Phi) is 6.53. The lowest BCUT2D eigenvalue weighted by molar-refractivity contribution is -0.130. The molecule has 0 spiro atoms. The molecule has 0 aliphatic carbocycles. The quantitative estimate of drug-likeness (QED) is 0.887. The zero-order valence-corrected chi connectivity index (χ0v) is 15.3. The van der Waals surface area contributed by atoms with Crippen molar-refractivity contribution >= 4 is 24.0 Å². The van der Waals surface area contributed by atoms with E-state index < -0.39 is 0 Å². The van der Waals surface area contributed by atoms with Crippen molar-refractivity contribution in [1.29, 1.82) is 0 Å². The summed E-state index contributed by atoms with van der Waals surface area (Å²) in [6.45, 7) is 1.62. The van der Waals surface area contributed by atoms with Crippen LogP contribution in [-0.2, 0) is 17.8 Å². The SMILES string of the molecule is COc1cc2c(cc1OC)CN(C(=O)CNc1ccccc1)CC2.Cl. The molecule has 1 aliphatic rings. The van der Waals surface area contributed by atoms with Crippen molar-refractivity contribution in [3.63, 3.8) is 0 Å². The zero-order valence-electron chi connectivity index (χ0n) is 14.5. The van der Waals surface area contributed by atoms with Gasteiger partial charge in [-0.15, -0.1) is 12.4 Å². The first-order valence-electron chi connectivity index (χ1n) is 8.01. The molecule has 0 saturated heterocycles. The van der Waals surface area contributed by atoms with Gasteiger partial charge in [-0.2, -0.15) is 0 Å². The average molecular weight is 363 g/mol. The van der Waals surface area contributed by atoms with E-state index in [9.17, 15) is 4.79 Å². The van der Waals surface area contributed by atoms with E-state index in [1.54, 1.807) is 14.2 Å². The molecule has 0 unspecified atom stereocenters. The molecule has 2 aromatic carbocycles. The number of nitrogens with one attached hydrogen (secondary N) is 1. The summed E-state index contributed by atoms with van der Waals surface area (Å²) in [6, 6.07) is 13.7. The Labute approximate surface area is 154 Å². The monoisotopic (exact) mass is 362 g/mol. The van der Waals surface area contributed by atoms with E-state index in [1.807, 2.05) is 47.4 Å².